The number of carbonyl (C=O) groups is 2. The lowest BCUT2D eigenvalue weighted by molar-refractivity contribution is 0.0469. The molecule has 7 heteroatoms. The molecule has 2 aromatic carbocycles. The summed E-state index contributed by atoms with van der Waals surface area (Å²) in [5.41, 5.74) is 1.17. The van der Waals surface area contributed by atoms with Crippen LogP contribution in [0.3, 0.4) is 0 Å². The molecular formula is C20H16FNO4S. The summed E-state index contributed by atoms with van der Waals surface area (Å²) in [6.45, 7) is -0.133. The van der Waals surface area contributed by atoms with Crippen molar-refractivity contribution in [3.63, 3.8) is 0 Å². The molecule has 0 spiro atoms. The van der Waals surface area contributed by atoms with Crippen LogP contribution in [-0.4, -0.2) is 19.0 Å². The van der Waals surface area contributed by atoms with Crippen molar-refractivity contribution in [2.75, 3.05) is 12.4 Å². The molecule has 5 nitrogen and oxygen atoms in total. The molecule has 0 saturated carbocycles. The normalized spacial score (nSPS) is 10.3. The Kier molecular flexibility index (Phi) is 5.83. The molecule has 1 N–H and O–H groups in total. The van der Waals surface area contributed by atoms with Crippen molar-refractivity contribution >= 4 is 28.9 Å². The Morgan fingerprint density at radius 1 is 1.11 bits per heavy atom. The van der Waals surface area contributed by atoms with Crippen molar-refractivity contribution in [3.8, 4) is 5.75 Å². The van der Waals surface area contributed by atoms with E-state index in [0.29, 0.717) is 21.9 Å². The fourth-order valence-electron chi connectivity index (χ4n) is 2.41. The molecule has 0 saturated heterocycles. The van der Waals surface area contributed by atoms with Gasteiger partial charge in [-0.05, 0) is 47.8 Å². The highest BCUT2D eigenvalue weighted by Crippen LogP contribution is 2.21. The number of methoxy groups -OCH3 is 1. The van der Waals surface area contributed by atoms with Gasteiger partial charge in [-0.25, -0.2) is 9.18 Å². The van der Waals surface area contributed by atoms with Gasteiger partial charge < -0.3 is 14.8 Å². The largest absolute Gasteiger partial charge is 0.496 e. The zero-order valence-electron chi connectivity index (χ0n) is 14.4. The van der Waals surface area contributed by atoms with E-state index in [2.05, 4.69) is 5.32 Å². The molecule has 0 aliphatic carbocycles. The van der Waals surface area contributed by atoms with Gasteiger partial charge in [0.1, 0.15) is 18.2 Å². The van der Waals surface area contributed by atoms with Gasteiger partial charge in [0.2, 0.25) is 0 Å². The number of halogens is 1. The lowest BCUT2D eigenvalue weighted by Crippen LogP contribution is -2.11. The minimum absolute atomic E-state index is 0.133. The van der Waals surface area contributed by atoms with Gasteiger partial charge in [0.15, 0.2) is 0 Å². The van der Waals surface area contributed by atoms with Crippen LogP contribution in [0.1, 0.15) is 25.6 Å². The van der Waals surface area contributed by atoms with Crippen molar-refractivity contribution in [3.05, 3.63) is 81.8 Å². The predicted molar refractivity (Wildman–Crippen MR) is 101 cm³/mol. The summed E-state index contributed by atoms with van der Waals surface area (Å²) in [7, 11) is 1.46. The van der Waals surface area contributed by atoms with E-state index in [-0.39, 0.29) is 18.1 Å². The first-order valence-electron chi connectivity index (χ1n) is 8.01. The minimum Gasteiger partial charge on any atom is -0.496 e. The average molecular weight is 385 g/mol. The third kappa shape index (κ3) is 4.71. The van der Waals surface area contributed by atoms with Gasteiger partial charge in [-0.1, -0.05) is 12.1 Å². The van der Waals surface area contributed by atoms with E-state index in [4.69, 9.17) is 9.47 Å². The van der Waals surface area contributed by atoms with Crippen molar-refractivity contribution in [2.24, 2.45) is 0 Å². The molecule has 0 fully saturated rings. The molecule has 0 bridgehead atoms. The van der Waals surface area contributed by atoms with Gasteiger partial charge in [0, 0.05) is 11.3 Å². The second-order valence-corrected chi connectivity index (χ2v) is 6.49. The van der Waals surface area contributed by atoms with Crippen LogP contribution < -0.4 is 10.1 Å². The molecule has 3 rings (SSSR count). The Bertz CT molecular complexity index is 956. The summed E-state index contributed by atoms with van der Waals surface area (Å²) in [5.74, 6) is -0.852. The number of benzene rings is 2. The molecule has 1 heterocycles. The highest BCUT2D eigenvalue weighted by Gasteiger charge is 2.13. The maximum Gasteiger partial charge on any atom is 0.338 e. The number of esters is 1. The Morgan fingerprint density at radius 3 is 2.70 bits per heavy atom. The number of rotatable bonds is 6. The number of carbonyl (C=O) groups excluding carboxylic acids is 2. The van der Waals surface area contributed by atoms with E-state index in [1.807, 2.05) is 5.38 Å². The zero-order chi connectivity index (χ0) is 19.2. The highest BCUT2D eigenvalue weighted by molar-refractivity contribution is 7.12. The van der Waals surface area contributed by atoms with Gasteiger partial charge in [-0.3, -0.25) is 4.79 Å². The number of anilines is 1. The summed E-state index contributed by atoms with van der Waals surface area (Å²) < 4.78 is 23.8. The molecule has 27 heavy (non-hydrogen) atoms. The van der Waals surface area contributed by atoms with Gasteiger partial charge >= 0.3 is 5.97 Å². The van der Waals surface area contributed by atoms with Gasteiger partial charge in [0.25, 0.3) is 5.91 Å². The van der Waals surface area contributed by atoms with E-state index < -0.39 is 11.8 Å². The Balaban J connectivity index is 1.67. The Morgan fingerprint density at radius 2 is 1.96 bits per heavy atom. The first-order chi connectivity index (χ1) is 13.1. The smallest absolute Gasteiger partial charge is 0.338 e. The van der Waals surface area contributed by atoms with Crippen molar-refractivity contribution in [1.29, 1.82) is 0 Å². The molecule has 0 radical (unpaired) electrons. The average Bonchev–Trinajstić information content (AvgIpc) is 3.21. The molecular weight excluding hydrogens is 369 g/mol. The molecule has 1 aromatic heterocycles. The molecule has 0 aliphatic heterocycles. The fourth-order valence-corrected chi connectivity index (χ4v) is 3.03. The maximum atomic E-state index is 13.4. The molecule has 0 atom stereocenters. The number of amides is 1. The topological polar surface area (TPSA) is 64.6 Å². The van der Waals surface area contributed by atoms with Crippen molar-refractivity contribution in [1.82, 2.24) is 0 Å². The van der Waals surface area contributed by atoms with E-state index in [1.165, 1.54) is 42.7 Å². The van der Waals surface area contributed by atoms with Gasteiger partial charge in [-0.15, -0.1) is 11.3 Å². The van der Waals surface area contributed by atoms with Crippen LogP contribution in [0.2, 0.25) is 0 Å². The highest BCUT2D eigenvalue weighted by atomic mass is 32.1. The van der Waals surface area contributed by atoms with Gasteiger partial charge in [-0.2, -0.15) is 0 Å². The van der Waals surface area contributed by atoms with Crippen LogP contribution in [0.5, 0.6) is 5.75 Å². The maximum absolute atomic E-state index is 13.4. The SMILES string of the molecule is COc1ccc(F)cc1COC(=O)c1cccc(NC(=O)c2cccs2)c1. The van der Waals surface area contributed by atoms with Crippen LogP contribution >= 0.6 is 11.3 Å². The molecule has 3 aromatic rings. The standard InChI is InChI=1S/C20H16FNO4S/c1-25-17-8-7-15(21)10-14(17)12-26-20(24)13-4-2-5-16(11-13)22-19(23)18-6-3-9-27-18/h2-11H,12H2,1H3,(H,22,23). The number of nitrogens with one attached hydrogen (secondary N) is 1. The first-order valence-corrected chi connectivity index (χ1v) is 8.89. The van der Waals surface area contributed by atoms with E-state index in [1.54, 1.807) is 30.3 Å². The van der Waals surface area contributed by atoms with E-state index >= 15 is 0 Å². The second kappa shape index (κ2) is 8.46. The number of thiophene rings is 1. The monoisotopic (exact) mass is 385 g/mol. The van der Waals surface area contributed by atoms with Crippen LogP contribution in [0.15, 0.2) is 60.0 Å². The van der Waals surface area contributed by atoms with Crippen LogP contribution in [0, 0.1) is 5.82 Å². The molecule has 138 valence electrons. The van der Waals surface area contributed by atoms with E-state index in [9.17, 15) is 14.0 Å². The molecule has 0 unspecified atom stereocenters. The second-order valence-electron chi connectivity index (χ2n) is 5.54. The lowest BCUT2D eigenvalue weighted by Gasteiger charge is -2.10. The Hall–Kier alpha value is -3.19. The lowest BCUT2D eigenvalue weighted by atomic mass is 10.2. The molecule has 0 aliphatic rings. The zero-order valence-corrected chi connectivity index (χ0v) is 15.2. The Labute approximate surface area is 159 Å². The first kappa shape index (κ1) is 18.6. The summed E-state index contributed by atoms with van der Waals surface area (Å²) in [6, 6.07) is 13.9. The fraction of sp³-hybridized carbons (Fsp3) is 0.100. The molecule has 1 amide bonds. The quantitative estimate of drug-likeness (QED) is 0.635. The van der Waals surface area contributed by atoms with E-state index in [0.717, 1.165) is 0 Å². The van der Waals surface area contributed by atoms with Crippen molar-refractivity contribution in [2.45, 2.75) is 6.61 Å². The van der Waals surface area contributed by atoms with Crippen molar-refractivity contribution < 1.29 is 23.5 Å². The third-order valence-corrected chi connectivity index (χ3v) is 4.57. The summed E-state index contributed by atoms with van der Waals surface area (Å²) in [5, 5.41) is 4.54. The number of ether oxygens (including phenoxy) is 2. The number of hydrogen-bond donors (Lipinski definition) is 1. The summed E-state index contributed by atoms with van der Waals surface area (Å²) in [4.78, 5) is 25.0. The minimum atomic E-state index is -0.589. The third-order valence-electron chi connectivity index (χ3n) is 3.70. The predicted octanol–water partition coefficient (Wildman–Crippen LogP) is 4.51. The van der Waals surface area contributed by atoms with Crippen LogP contribution in [-0.2, 0) is 11.3 Å². The van der Waals surface area contributed by atoms with Crippen LogP contribution in [0.25, 0.3) is 0 Å². The van der Waals surface area contributed by atoms with Crippen LogP contribution in [0.4, 0.5) is 10.1 Å². The number of hydrogen-bond acceptors (Lipinski definition) is 5. The van der Waals surface area contributed by atoms with Gasteiger partial charge in [0.05, 0.1) is 17.6 Å². The summed E-state index contributed by atoms with van der Waals surface area (Å²) >= 11 is 1.32. The summed E-state index contributed by atoms with van der Waals surface area (Å²) in [6.07, 6.45) is 0.